The Balaban J connectivity index is 1.29. The molecule has 2 N–H and O–H groups in total. The van der Waals surface area contributed by atoms with E-state index in [9.17, 15) is 14.4 Å². The molecule has 3 fully saturated rings. The van der Waals surface area contributed by atoms with E-state index < -0.39 is 0 Å². The summed E-state index contributed by atoms with van der Waals surface area (Å²) >= 11 is 0. The summed E-state index contributed by atoms with van der Waals surface area (Å²) in [6.07, 6.45) is 1.62. The predicted molar refractivity (Wildman–Crippen MR) is 116 cm³/mol. The molecule has 2 aliphatic carbocycles. The molecule has 5 rings (SSSR count). The molecule has 1 aliphatic heterocycles. The largest absolute Gasteiger partial charge is 0.497 e. The van der Waals surface area contributed by atoms with E-state index in [1.165, 1.54) is 7.11 Å². The molecule has 8 heteroatoms. The highest BCUT2D eigenvalue weighted by molar-refractivity contribution is 6.06. The lowest BCUT2D eigenvalue weighted by molar-refractivity contribution is -0.145. The molecular formula is C24H24N2O6. The van der Waals surface area contributed by atoms with Crippen molar-refractivity contribution in [1.29, 1.82) is 0 Å². The topological polar surface area (TPSA) is 103 Å². The second-order valence-corrected chi connectivity index (χ2v) is 8.51. The number of fused-ring (bicyclic) bond motifs is 1. The van der Waals surface area contributed by atoms with Crippen LogP contribution in [0.3, 0.4) is 0 Å². The van der Waals surface area contributed by atoms with Gasteiger partial charge < -0.3 is 24.8 Å². The molecule has 3 aliphatic rings. The van der Waals surface area contributed by atoms with Crippen LogP contribution >= 0.6 is 0 Å². The van der Waals surface area contributed by atoms with Crippen molar-refractivity contribution < 1.29 is 28.6 Å². The van der Waals surface area contributed by atoms with Crippen LogP contribution in [0.2, 0.25) is 0 Å². The quantitative estimate of drug-likeness (QED) is 0.675. The Labute approximate surface area is 185 Å². The van der Waals surface area contributed by atoms with Crippen molar-refractivity contribution in [2.75, 3.05) is 24.9 Å². The van der Waals surface area contributed by atoms with Gasteiger partial charge in [-0.25, -0.2) is 0 Å². The molecule has 2 saturated carbocycles. The SMILES string of the molecule is COc1ccc(NC(=O)c2cccc(NC(=O)[C@@H]3[C@H]4C[C@@H]5[C@@H]3C(=O)O[C@@H]5C4)c2)c(OC)c1. The molecule has 2 bridgehead atoms. The normalized spacial score (nSPS) is 27.1. The molecule has 32 heavy (non-hydrogen) atoms. The minimum Gasteiger partial charge on any atom is -0.497 e. The number of amides is 2. The fourth-order valence-corrected chi connectivity index (χ4v) is 5.42. The van der Waals surface area contributed by atoms with Gasteiger partial charge >= 0.3 is 5.97 Å². The van der Waals surface area contributed by atoms with Crippen LogP contribution in [0.5, 0.6) is 11.5 Å². The summed E-state index contributed by atoms with van der Waals surface area (Å²) < 4.78 is 15.9. The van der Waals surface area contributed by atoms with E-state index in [1.54, 1.807) is 49.6 Å². The van der Waals surface area contributed by atoms with Crippen LogP contribution in [-0.2, 0) is 14.3 Å². The molecule has 5 atom stereocenters. The number of anilines is 2. The molecule has 1 saturated heterocycles. The Kier molecular flexibility index (Phi) is 5.00. The van der Waals surface area contributed by atoms with Crippen LogP contribution in [0.1, 0.15) is 23.2 Å². The van der Waals surface area contributed by atoms with Gasteiger partial charge in [-0.2, -0.15) is 0 Å². The number of rotatable bonds is 6. The van der Waals surface area contributed by atoms with Crippen molar-refractivity contribution in [2.24, 2.45) is 23.7 Å². The van der Waals surface area contributed by atoms with Gasteiger partial charge in [-0.3, -0.25) is 14.4 Å². The number of benzene rings is 2. The van der Waals surface area contributed by atoms with Gasteiger partial charge in [0, 0.05) is 23.2 Å². The van der Waals surface area contributed by atoms with Gasteiger partial charge in [0.2, 0.25) is 5.91 Å². The minimum absolute atomic E-state index is 0.0106. The van der Waals surface area contributed by atoms with E-state index in [0.29, 0.717) is 28.4 Å². The van der Waals surface area contributed by atoms with E-state index >= 15 is 0 Å². The van der Waals surface area contributed by atoms with Gasteiger partial charge in [0.1, 0.15) is 17.6 Å². The maximum atomic E-state index is 13.0. The third-order valence-electron chi connectivity index (χ3n) is 6.84. The van der Waals surface area contributed by atoms with Gasteiger partial charge in [-0.05, 0) is 49.1 Å². The lowest BCUT2D eigenvalue weighted by Gasteiger charge is -2.23. The van der Waals surface area contributed by atoms with E-state index in [0.717, 1.165) is 12.8 Å². The molecule has 0 spiro atoms. The standard InChI is InChI=1S/C24H24N2O6/c1-30-15-6-7-17(19(11-15)31-2)26-22(27)12-4-3-5-14(8-12)25-23(28)20-13-9-16-18(10-13)32-24(29)21(16)20/h3-8,11,13,16,18,20-21H,9-10H2,1-2H3,(H,25,28)(H,26,27)/t13-,16-,18+,20+,21-/m0/s1. The first-order chi connectivity index (χ1) is 15.5. The third kappa shape index (κ3) is 3.36. The first-order valence-corrected chi connectivity index (χ1v) is 10.6. The Morgan fingerprint density at radius 1 is 1.03 bits per heavy atom. The Bertz CT molecular complexity index is 1100. The fraction of sp³-hybridized carbons (Fsp3) is 0.375. The monoisotopic (exact) mass is 436 g/mol. The maximum Gasteiger partial charge on any atom is 0.310 e. The predicted octanol–water partition coefficient (Wildman–Crippen LogP) is 3.09. The number of methoxy groups -OCH3 is 2. The zero-order chi connectivity index (χ0) is 22.4. The maximum absolute atomic E-state index is 13.0. The summed E-state index contributed by atoms with van der Waals surface area (Å²) in [5.41, 5.74) is 1.40. The van der Waals surface area contributed by atoms with Crippen LogP contribution < -0.4 is 20.1 Å². The van der Waals surface area contributed by atoms with Gasteiger partial charge in [0.25, 0.3) is 5.91 Å². The van der Waals surface area contributed by atoms with Gasteiger partial charge in [0.15, 0.2) is 0 Å². The van der Waals surface area contributed by atoms with Crippen LogP contribution in [0.15, 0.2) is 42.5 Å². The van der Waals surface area contributed by atoms with Crippen LogP contribution in [0.4, 0.5) is 11.4 Å². The zero-order valence-electron chi connectivity index (χ0n) is 17.8. The van der Waals surface area contributed by atoms with Crippen molar-refractivity contribution in [3.05, 3.63) is 48.0 Å². The summed E-state index contributed by atoms with van der Waals surface area (Å²) in [6.45, 7) is 0. The van der Waals surface area contributed by atoms with Crippen molar-refractivity contribution in [1.82, 2.24) is 0 Å². The van der Waals surface area contributed by atoms with Crippen molar-refractivity contribution in [2.45, 2.75) is 18.9 Å². The minimum atomic E-state index is -0.368. The number of hydrogen-bond acceptors (Lipinski definition) is 6. The molecule has 2 amide bonds. The summed E-state index contributed by atoms with van der Waals surface area (Å²) in [7, 11) is 3.07. The summed E-state index contributed by atoms with van der Waals surface area (Å²) in [5, 5.41) is 5.72. The van der Waals surface area contributed by atoms with Crippen molar-refractivity contribution in [3.63, 3.8) is 0 Å². The van der Waals surface area contributed by atoms with Gasteiger partial charge in [-0.1, -0.05) is 6.07 Å². The lowest BCUT2D eigenvalue weighted by atomic mass is 9.79. The summed E-state index contributed by atoms with van der Waals surface area (Å²) in [4.78, 5) is 38.0. The molecule has 8 nitrogen and oxygen atoms in total. The average Bonchev–Trinajstić information content (AvgIpc) is 3.42. The number of hydrogen-bond donors (Lipinski definition) is 2. The molecule has 2 aromatic rings. The number of carbonyl (C=O) groups excluding carboxylic acids is 3. The Morgan fingerprint density at radius 3 is 2.66 bits per heavy atom. The number of esters is 1. The zero-order valence-corrected chi connectivity index (χ0v) is 17.8. The fourth-order valence-electron chi connectivity index (χ4n) is 5.42. The summed E-state index contributed by atoms with van der Waals surface area (Å²) in [6, 6.07) is 11.8. The number of ether oxygens (including phenoxy) is 3. The van der Waals surface area contributed by atoms with E-state index in [4.69, 9.17) is 14.2 Å². The van der Waals surface area contributed by atoms with Crippen LogP contribution in [0, 0.1) is 23.7 Å². The Hall–Kier alpha value is -3.55. The molecule has 166 valence electrons. The molecule has 0 unspecified atom stereocenters. The van der Waals surface area contributed by atoms with Gasteiger partial charge in [0.05, 0.1) is 31.7 Å². The number of carbonyl (C=O) groups is 3. The van der Waals surface area contributed by atoms with Gasteiger partial charge in [-0.15, -0.1) is 0 Å². The second kappa shape index (κ2) is 7.85. The second-order valence-electron chi connectivity index (χ2n) is 8.51. The van der Waals surface area contributed by atoms with E-state index in [1.807, 2.05) is 0 Å². The molecule has 1 heterocycles. The highest BCUT2D eigenvalue weighted by Crippen LogP contribution is 2.57. The third-order valence-corrected chi connectivity index (χ3v) is 6.84. The Morgan fingerprint density at radius 2 is 1.88 bits per heavy atom. The smallest absolute Gasteiger partial charge is 0.310 e. The first-order valence-electron chi connectivity index (χ1n) is 10.6. The van der Waals surface area contributed by atoms with E-state index in [-0.39, 0.29) is 47.6 Å². The number of nitrogens with one attached hydrogen (secondary N) is 2. The molecule has 0 radical (unpaired) electrons. The lowest BCUT2D eigenvalue weighted by Crippen LogP contribution is -2.35. The highest BCUT2D eigenvalue weighted by atomic mass is 16.6. The molecule has 2 aromatic carbocycles. The van der Waals surface area contributed by atoms with Crippen LogP contribution in [-0.4, -0.2) is 38.1 Å². The van der Waals surface area contributed by atoms with E-state index in [2.05, 4.69) is 10.6 Å². The van der Waals surface area contributed by atoms with Crippen molar-refractivity contribution in [3.8, 4) is 11.5 Å². The molecule has 0 aromatic heterocycles. The molecular weight excluding hydrogens is 412 g/mol. The first kappa shape index (κ1) is 20.4. The van der Waals surface area contributed by atoms with Crippen LogP contribution in [0.25, 0.3) is 0 Å². The average molecular weight is 436 g/mol. The van der Waals surface area contributed by atoms with Crippen molar-refractivity contribution >= 4 is 29.2 Å². The highest BCUT2D eigenvalue weighted by Gasteiger charge is 2.63. The summed E-state index contributed by atoms with van der Waals surface area (Å²) in [5.74, 6) is -0.0548.